The van der Waals surface area contributed by atoms with Crippen molar-refractivity contribution in [2.75, 3.05) is 51.9 Å². The van der Waals surface area contributed by atoms with E-state index in [4.69, 9.17) is 14.2 Å². The number of hydrogen-bond donors (Lipinski definition) is 0. The summed E-state index contributed by atoms with van der Waals surface area (Å²) in [5.74, 6) is 0.644. The Balaban J connectivity index is 1.60. The number of piperazine rings is 1. The minimum Gasteiger partial charge on any atom is -0.497 e. The van der Waals surface area contributed by atoms with Crippen molar-refractivity contribution in [3.05, 3.63) is 54.1 Å². The van der Waals surface area contributed by atoms with E-state index >= 15 is 0 Å². The molecule has 0 radical (unpaired) electrons. The van der Waals surface area contributed by atoms with Crippen molar-refractivity contribution in [3.8, 4) is 11.5 Å². The van der Waals surface area contributed by atoms with Gasteiger partial charge in [-0.15, -0.1) is 0 Å². The van der Waals surface area contributed by atoms with Gasteiger partial charge in [-0.2, -0.15) is 0 Å². The van der Waals surface area contributed by atoms with Gasteiger partial charge in [0.15, 0.2) is 0 Å². The highest BCUT2D eigenvalue weighted by Crippen LogP contribution is 2.43. The van der Waals surface area contributed by atoms with Crippen LogP contribution in [0.2, 0.25) is 0 Å². The second-order valence-electron chi connectivity index (χ2n) is 8.50. The average molecular weight is 482 g/mol. The van der Waals surface area contributed by atoms with E-state index in [-0.39, 0.29) is 24.3 Å². The average Bonchev–Trinajstić information content (AvgIpc) is 3.25. The third-order valence-electron chi connectivity index (χ3n) is 6.56. The van der Waals surface area contributed by atoms with Crippen molar-refractivity contribution in [1.82, 2.24) is 9.80 Å². The molecule has 4 rings (SSSR count). The standard InChI is InChI=1S/C26H31N3O6/c1-4-35-26(32)28-15-13-27(14-16-28)25(31)22-17-23(30)29(19-7-11-21(34-3)12-8-19)24(22)18-5-9-20(33-2)10-6-18/h5-12,22,24H,4,13-17H2,1-3H3/t22-,24-/m0/s1. The zero-order chi connectivity index (χ0) is 24.9. The van der Waals surface area contributed by atoms with E-state index in [0.29, 0.717) is 50.0 Å². The number of carbonyl (C=O) groups is 3. The van der Waals surface area contributed by atoms with Crippen LogP contribution in [-0.2, 0) is 14.3 Å². The van der Waals surface area contributed by atoms with Gasteiger partial charge >= 0.3 is 6.09 Å². The predicted octanol–water partition coefficient (Wildman–Crippen LogP) is 3.10. The molecule has 2 aliphatic rings. The number of hydrogen-bond acceptors (Lipinski definition) is 6. The molecule has 0 saturated carbocycles. The Bertz CT molecular complexity index is 1050. The Morgan fingerprint density at radius 3 is 1.94 bits per heavy atom. The highest BCUT2D eigenvalue weighted by Gasteiger charge is 2.47. The molecule has 0 bridgehead atoms. The van der Waals surface area contributed by atoms with Gasteiger partial charge in [-0.05, 0) is 48.9 Å². The number of rotatable bonds is 6. The van der Waals surface area contributed by atoms with Crippen LogP contribution in [0, 0.1) is 5.92 Å². The van der Waals surface area contributed by atoms with Gasteiger partial charge in [-0.1, -0.05) is 12.1 Å². The molecule has 2 atom stereocenters. The molecule has 186 valence electrons. The van der Waals surface area contributed by atoms with Crippen LogP contribution < -0.4 is 14.4 Å². The molecular weight excluding hydrogens is 450 g/mol. The second kappa shape index (κ2) is 10.7. The fraction of sp³-hybridized carbons (Fsp3) is 0.423. The summed E-state index contributed by atoms with van der Waals surface area (Å²) in [5.41, 5.74) is 1.56. The van der Waals surface area contributed by atoms with Crippen LogP contribution in [-0.4, -0.2) is 74.7 Å². The zero-order valence-electron chi connectivity index (χ0n) is 20.3. The van der Waals surface area contributed by atoms with Gasteiger partial charge in [0.05, 0.1) is 32.8 Å². The highest BCUT2D eigenvalue weighted by molar-refractivity contribution is 6.01. The second-order valence-corrected chi connectivity index (χ2v) is 8.50. The third kappa shape index (κ3) is 5.03. The summed E-state index contributed by atoms with van der Waals surface area (Å²) in [5, 5.41) is 0. The number of nitrogens with zero attached hydrogens (tertiary/aromatic N) is 3. The lowest BCUT2D eigenvalue weighted by molar-refractivity contribution is -0.138. The first kappa shape index (κ1) is 24.4. The third-order valence-corrected chi connectivity index (χ3v) is 6.56. The van der Waals surface area contributed by atoms with Crippen LogP contribution in [0.3, 0.4) is 0 Å². The monoisotopic (exact) mass is 481 g/mol. The van der Waals surface area contributed by atoms with E-state index in [9.17, 15) is 14.4 Å². The normalized spacial score (nSPS) is 20.1. The Morgan fingerprint density at radius 1 is 0.857 bits per heavy atom. The topological polar surface area (TPSA) is 88.6 Å². The largest absolute Gasteiger partial charge is 0.497 e. The summed E-state index contributed by atoms with van der Waals surface area (Å²) in [4.78, 5) is 44.1. The SMILES string of the molecule is CCOC(=O)N1CCN(C(=O)[C@H]2CC(=O)N(c3ccc(OC)cc3)[C@H]2c2ccc(OC)cc2)CC1. The van der Waals surface area contributed by atoms with Crippen LogP contribution in [0.5, 0.6) is 11.5 Å². The molecule has 9 nitrogen and oxygen atoms in total. The first-order valence-corrected chi connectivity index (χ1v) is 11.8. The summed E-state index contributed by atoms with van der Waals surface area (Å²) in [6.45, 7) is 3.69. The molecule has 0 unspecified atom stereocenters. The lowest BCUT2D eigenvalue weighted by Gasteiger charge is -2.36. The number of anilines is 1. The zero-order valence-corrected chi connectivity index (χ0v) is 20.3. The molecule has 2 aliphatic heterocycles. The van der Waals surface area contributed by atoms with E-state index in [1.165, 1.54) is 0 Å². The number of benzene rings is 2. The molecule has 2 aromatic rings. The fourth-order valence-electron chi connectivity index (χ4n) is 4.74. The smallest absolute Gasteiger partial charge is 0.409 e. The predicted molar refractivity (Wildman–Crippen MR) is 129 cm³/mol. The van der Waals surface area contributed by atoms with Gasteiger partial charge in [-0.25, -0.2) is 4.79 Å². The molecule has 0 spiro atoms. The number of carbonyl (C=O) groups excluding carboxylic acids is 3. The quantitative estimate of drug-likeness (QED) is 0.630. The van der Waals surface area contributed by atoms with E-state index in [1.807, 2.05) is 36.4 Å². The molecule has 2 fully saturated rings. The van der Waals surface area contributed by atoms with Crippen molar-refractivity contribution in [3.63, 3.8) is 0 Å². The van der Waals surface area contributed by atoms with Gasteiger partial charge in [0.25, 0.3) is 0 Å². The maximum Gasteiger partial charge on any atom is 0.409 e. The van der Waals surface area contributed by atoms with Crippen LogP contribution in [0.25, 0.3) is 0 Å². The Kier molecular flexibility index (Phi) is 7.43. The van der Waals surface area contributed by atoms with E-state index in [0.717, 1.165) is 5.56 Å². The van der Waals surface area contributed by atoms with Gasteiger partial charge in [0.1, 0.15) is 11.5 Å². The van der Waals surface area contributed by atoms with Crippen molar-refractivity contribution >= 4 is 23.6 Å². The van der Waals surface area contributed by atoms with Crippen molar-refractivity contribution < 1.29 is 28.6 Å². The number of ether oxygens (including phenoxy) is 3. The minimum absolute atomic E-state index is 0.0845. The lowest BCUT2D eigenvalue weighted by Crippen LogP contribution is -2.52. The molecule has 0 aromatic heterocycles. The van der Waals surface area contributed by atoms with Gasteiger partial charge in [-0.3, -0.25) is 9.59 Å². The lowest BCUT2D eigenvalue weighted by atomic mass is 9.91. The van der Waals surface area contributed by atoms with Crippen LogP contribution >= 0.6 is 0 Å². The summed E-state index contributed by atoms with van der Waals surface area (Å²) < 4.78 is 15.6. The maximum atomic E-state index is 13.7. The van der Waals surface area contributed by atoms with Crippen molar-refractivity contribution in [1.29, 1.82) is 0 Å². The molecule has 9 heteroatoms. The maximum absolute atomic E-state index is 13.7. The summed E-state index contributed by atoms with van der Waals surface area (Å²) in [6.07, 6.45) is -0.253. The highest BCUT2D eigenvalue weighted by atomic mass is 16.6. The molecule has 35 heavy (non-hydrogen) atoms. The Morgan fingerprint density at radius 2 is 1.40 bits per heavy atom. The molecule has 2 aromatic carbocycles. The molecule has 3 amide bonds. The van der Waals surface area contributed by atoms with Crippen LogP contribution in [0.1, 0.15) is 24.9 Å². The first-order chi connectivity index (χ1) is 17.0. The summed E-state index contributed by atoms with van der Waals surface area (Å²) in [7, 11) is 3.19. The van der Waals surface area contributed by atoms with Crippen LogP contribution in [0.15, 0.2) is 48.5 Å². The Labute approximate surface area is 205 Å². The fourth-order valence-corrected chi connectivity index (χ4v) is 4.74. The van der Waals surface area contributed by atoms with E-state index in [1.54, 1.807) is 48.0 Å². The first-order valence-electron chi connectivity index (χ1n) is 11.8. The molecule has 0 aliphatic carbocycles. The number of methoxy groups -OCH3 is 2. The van der Waals surface area contributed by atoms with E-state index in [2.05, 4.69) is 0 Å². The minimum atomic E-state index is -0.549. The van der Waals surface area contributed by atoms with Gasteiger partial charge in [0, 0.05) is 38.3 Å². The molecular formula is C26H31N3O6. The summed E-state index contributed by atoms with van der Waals surface area (Å²) >= 11 is 0. The molecule has 2 heterocycles. The van der Waals surface area contributed by atoms with Crippen molar-refractivity contribution in [2.24, 2.45) is 5.92 Å². The van der Waals surface area contributed by atoms with Gasteiger partial charge in [0.2, 0.25) is 11.8 Å². The molecule has 0 N–H and O–H groups in total. The summed E-state index contributed by atoms with van der Waals surface area (Å²) in [6, 6.07) is 14.3. The Hall–Kier alpha value is -3.75. The van der Waals surface area contributed by atoms with Crippen molar-refractivity contribution in [2.45, 2.75) is 19.4 Å². The molecule has 2 saturated heterocycles. The number of amides is 3. The van der Waals surface area contributed by atoms with Gasteiger partial charge < -0.3 is 28.9 Å². The van der Waals surface area contributed by atoms with Crippen LogP contribution in [0.4, 0.5) is 10.5 Å². The van der Waals surface area contributed by atoms with E-state index < -0.39 is 12.0 Å².